The summed E-state index contributed by atoms with van der Waals surface area (Å²) in [6, 6.07) is 20.2. The second-order valence-corrected chi connectivity index (χ2v) is 9.69. The van der Waals surface area contributed by atoms with Gasteiger partial charge < -0.3 is 33.2 Å². The Labute approximate surface area is 247 Å². The summed E-state index contributed by atoms with van der Waals surface area (Å²) in [6.07, 6.45) is 14.4. The SMILES string of the molecule is COC(CCCCC=CC(OCc1ccccc1)OC(C=CCCCCC(OC)OC)OCc1ccccc1)OC. The zero-order chi connectivity index (χ0) is 29.4. The molecule has 0 radical (unpaired) electrons. The van der Waals surface area contributed by atoms with E-state index in [2.05, 4.69) is 12.2 Å². The predicted octanol–water partition coefficient (Wildman–Crippen LogP) is 7.56. The fourth-order valence-electron chi connectivity index (χ4n) is 4.14. The van der Waals surface area contributed by atoms with Crippen molar-refractivity contribution in [2.24, 2.45) is 0 Å². The molecule has 0 N–H and O–H groups in total. The maximum Gasteiger partial charge on any atom is 0.180 e. The van der Waals surface area contributed by atoms with Crippen LogP contribution in [0.3, 0.4) is 0 Å². The quantitative estimate of drug-likeness (QED) is 0.0733. The van der Waals surface area contributed by atoms with Crippen LogP contribution < -0.4 is 0 Å². The van der Waals surface area contributed by atoms with E-state index in [-0.39, 0.29) is 12.6 Å². The van der Waals surface area contributed by atoms with Gasteiger partial charge in [-0.05, 0) is 74.6 Å². The van der Waals surface area contributed by atoms with Crippen molar-refractivity contribution in [1.29, 1.82) is 0 Å². The molecule has 228 valence electrons. The molecule has 0 aliphatic carbocycles. The van der Waals surface area contributed by atoms with Crippen LogP contribution in [0.15, 0.2) is 85.0 Å². The lowest BCUT2D eigenvalue weighted by Crippen LogP contribution is -2.24. The number of methoxy groups -OCH3 is 4. The van der Waals surface area contributed by atoms with E-state index in [0.717, 1.165) is 62.5 Å². The van der Waals surface area contributed by atoms with Gasteiger partial charge in [0.1, 0.15) is 0 Å². The minimum absolute atomic E-state index is 0.153. The Bertz CT molecular complexity index is 836. The van der Waals surface area contributed by atoms with Gasteiger partial charge in [0.2, 0.25) is 0 Å². The van der Waals surface area contributed by atoms with Crippen molar-refractivity contribution in [1.82, 2.24) is 0 Å². The number of hydrogen-bond acceptors (Lipinski definition) is 7. The molecule has 0 saturated heterocycles. The molecule has 2 aromatic carbocycles. The summed E-state index contributed by atoms with van der Waals surface area (Å²) in [5, 5.41) is 0. The molecule has 2 atom stereocenters. The van der Waals surface area contributed by atoms with Gasteiger partial charge in [-0.1, -0.05) is 72.8 Å². The molecule has 0 bridgehead atoms. The lowest BCUT2D eigenvalue weighted by molar-refractivity contribution is -0.215. The molecular formula is C34H50O7. The maximum atomic E-state index is 6.36. The highest BCUT2D eigenvalue weighted by Gasteiger charge is 2.14. The van der Waals surface area contributed by atoms with Gasteiger partial charge in [0.15, 0.2) is 25.2 Å². The molecule has 0 fully saturated rings. The standard InChI is InChI=1S/C34H50O7/c1-35-31(36-2)23-15-5-7-17-25-33(39-27-29-19-11-9-12-20-29)41-34(40-28-30-21-13-10-14-22-30)26-18-8-6-16-24-32(37-3)38-4/h9-14,17-22,25-26,31-34H,5-8,15-16,23-24,27-28H2,1-4H3. The van der Waals surface area contributed by atoms with Gasteiger partial charge >= 0.3 is 0 Å². The molecule has 41 heavy (non-hydrogen) atoms. The van der Waals surface area contributed by atoms with Crippen molar-refractivity contribution in [2.75, 3.05) is 28.4 Å². The van der Waals surface area contributed by atoms with Crippen LogP contribution >= 0.6 is 0 Å². The third-order valence-electron chi connectivity index (χ3n) is 6.54. The minimum atomic E-state index is -0.560. The van der Waals surface area contributed by atoms with E-state index in [9.17, 15) is 0 Å². The van der Waals surface area contributed by atoms with Crippen molar-refractivity contribution in [3.63, 3.8) is 0 Å². The van der Waals surface area contributed by atoms with Crippen molar-refractivity contribution in [2.45, 2.75) is 89.7 Å². The van der Waals surface area contributed by atoms with Crippen LogP contribution in [0.1, 0.15) is 62.5 Å². The summed E-state index contributed by atoms with van der Waals surface area (Å²) in [4.78, 5) is 0. The maximum absolute atomic E-state index is 6.36. The van der Waals surface area contributed by atoms with Gasteiger partial charge in [0.05, 0.1) is 13.2 Å². The van der Waals surface area contributed by atoms with Crippen LogP contribution in [0.5, 0.6) is 0 Å². The van der Waals surface area contributed by atoms with Gasteiger partial charge in [-0.25, -0.2) is 0 Å². The number of unbranched alkanes of at least 4 members (excludes halogenated alkanes) is 4. The van der Waals surface area contributed by atoms with E-state index >= 15 is 0 Å². The van der Waals surface area contributed by atoms with Crippen LogP contribution in [-0.4, -0.2) is 53.6 Å². The van der Waals surface area contributed by atoms with E-state index in [1.54, 1.807) is 28.4 Å². The molecule has 0 aromatic heterocycles. The summed E-state index contributed by atoms with van der Waals surface area (Å²) < 4.78 is 39.9. The number of benzene rings is 2. The summed E-state index contributed by atoms with van der Waals surface area (Å²) in [5.41, 5.74) is 2.17. The number of rotatable bonds is 24. The zero-order valence-electron chi connectivity index (χ0n) is 25.3. The minimum Gasteiger partial charge on any atom is -0.356 e. The molecule has 0 aliphatic heterocycles. The summed E-state index contributed by atoms with van der Waals surface area (Å²) in [6.45, 7) is 0.878. The predicted molar refractivity (Wildman–Crippen MR) is 162 cm³/mol. The van der Waals surface area contributed by atoms with Crippen molar-refractivity contribution < 1.29 is 33.2 Å². The first-order valence-corrected chi connectivity index (χ1v) is 14.6. The lowest BCUT2D eigenvalue weighted by atomic mass is 10.2. The van der Waals surface area contributed by atoms with E-state index in [1.807, 2.05) is 72.8 Å². The highest BCUT2D eigenvalue weighted by Crippen LogP contribution is 2.15. The Balaban J connectivity index is 1.99. The smallest absolute Gasteiger partial charge is 0.180 e. The van der Waals surface area contributed by atoms with Crippen molar-refractivity contribution in [3.8, 4) is 0 Å². The molecule has 0 aliphatic rings. The Hall–Kier alpha value is -2.36. The van der Waals surface area contributed by atoms with Crippen LogP contribution in [0.4, 0.5) is 0 Å². The molecule has 2 aromatic rings. The second-order valence-electron chi connectivity index (χ2n) is 9.69. The Kier molecular flexibility index (Phi) is 19.7. The van der Waals surface area contributed by atoms with Crippen LogP contribution in [0.2, 0.25) is 0 Å². The van der Waals surface area contributed by atoms with E-state index in [4.69, 9.17) is 33.2 Å². The van der Waals surface area contributed by atoms with Crippen molar-refractivity contribution in [3.05, 3.63) is 96.1 Å². The first-order valence-electron chi connectivity index (χ1n) is 14.6. The van der Waals surface area contributed by atoms with E-state index in [0.29, 0.717) is 13.2 Å². The molecule has 0 amide bonds. The number of hydrogen-bond donors (Lipinski definition) is 0. The average molecular weight is 571 g/mol. The summed E-state index contributed by atoms with van der Waals surface area (Å²) in [5.74, 6) is 0. The zero-order valence-corrected chi connectivity index (χ0v) is 25.3. The molecule has 0 spiro atoms. The highest BCUT2D eigenvalue weighted by atomic mass is 16.8. The van der Waals surface area contributed by atoms with Gasteiger partial charge in [-0.3, -0.25) is 0 Å². The molecule has 0 saturated carbocycles. The van der Waals surface area contributed by atoms with Gasteiger partial charge in [-0.2, -0.15) is 0 Å². The number of allylic oxidation sites excluding steroid dienone is 2. The molecule has 0 heterocycles. The van der Waals surface area contributed by atoms with E-state index < -0.39 is 12.6 Å². The second kappa shape index (κ2) is 23.2. The van der Waals surface area contributed by atoms with Gasteiger partial charge in [0, 0.05) is 28.4 Å². The fraction of sp³-hybridized carbons (Fsp3) is 0.529. The highest BCUT2D eigenvalue weighted by molar-refractivity contribution is 5.14. The molecule has 2 rings (SSSR count). The van der Waals surface area contributed by atoms with E-state index in [1.165, 1.54) is 0 Å². The Morgan fingerprint density at radius 2 is 0.927 bits per heavy atom. The third kappa shape index (κ3) is 16.6. The summed E-state index contributed by atoms with van der Waals surface area (Å²) >= 11 is 0. The average Bonchev–Trinajstić information content (AvgIpc) is 3.02. The lowest BCUT2D eigenvalue weighted by Gasteiger charge is -2.22. The first kappa shape index (κ1) is 34.8. The topological polar surface area (TPSA) is 64.6 Å². The Morgan fingerprint density at radius 1 is 0.537 bits per heavy atom. The largest absolute Gasteiger partial charge is 0.356 e. The third-order valence-corrected chi connectivity index (χ3v) is 6.54. The monoisotopic (exact) mass is 570 g/mol. The van der Waals surface area contributed by atoms with Crippen molar-refractivity contribution >= 4 is 0 Å². The molecule has 2 unspecified atom stereocenters. The van der Waals surface area contributed by atoms with Crippen LogP contribution in [-0.2, 0) is 46.4 Å². The molecular weight excluding hydrogens is 520 g/mol. The fourth-order valence-corrected chi connectivity index (χ4v) is 4.14. The van der Waals surface area contributed by atoms with Crippen LogP contribution in [0, 0.1) is 0 Å². The Morgan fingerprint density at radius 3 is 1.29 bits per heavy atom. The number of ether oxygens (including phenoxy) is 7. The summed E-state index contributed by atoms with van der Waals surface area (Å²) in [7, 11) is 6.68. The molecule has 7 nitrogen and oxygen atoms in total. The first-order chi connectivity index (χ1) is 20.2. The van der Waals surface area contributed by atoms with Gasteiger partial charge in [-0.15, -0.1) is 0 Å². The molecule has 7 heteroatoms. The van der Waals surface area contributed by atoms with Gasteiger partial charge in [0.25, 0.3) is 0 Å². The van der Waals surface area contributed by atoms with Crippen LogP contribution in [0.25, 0.3) is 0 Å². The normalized spacial score (nSPS) is 13.6.